The van der Waals surface area contributed by atoms with E-state index < -0.39 is 0 Å². The van der Waals surface area contributed by atoms with E-state index in [-0.39, 0.29) is 5.56 Å². The number of aromatic nitrogens is 2. The third kappa shape index (κ3) is 2.25. The molecule has 0 aliphatic carbocycles. The Morgan fingerprint density at radius 2 is 1.94 bits per heavy atom. The highest BCUT2D eigenvalue weighted by Gasteiger charge is 2.12. The SMILES string of the molecule is Cc1nccc(=O)n1-c1ccc(Br)c(Cl)c1Cl. The van der Waals surface area contributed by atoms with Crippen molar-refractivity contribution in [2.45, 2.75) is 6.92 Å². The number of hydrogen-bond donors (Lipinski definition) is 0. The maximum absolute atomic E-state index is 11.8. The molecule has 0 aliphatic rings. The van der Waals surface area contributed by atoms with Crippen LogP contribution in [0.1, 0.15) is 5.82 Å². The zero-order valence-corrected chi connectivity index (χ0v) is 11.8. The quantitative estimate of drug-likeness (QED) is 0.747. The number of rotatable bonds is 1. The van der Waals surface area contributed by atoms with Crippen LogP contribution in [0, 0.1) is 6.92 Å². The van der Waals surface area contributed by atoms with E-state index in [9.17, 15) is 4.79 Å². The molecular weight excluding hydrogens is 327 g/mol. The average Bonchev–Trinajstić information content (AvgIpc) is 2.29. The third-order valence-electron chi connectivity index (χ3n) is 2.28. The Bertz CT molecular complexity index is 640. The summed E-state index contributed by atoms with van der Waals surface area (Å²) in [6, 6.07) is 4.83. The minimum atomic E-state index is -0.196. The molecule has 0 fully saturated rings. The van der Waals surface area contributed by atoms with Crippen LogP contribution in [-0.2, 0) is 0 Å². The van der Waals surface area contributed by atoms with Crippen LogP contribution in [0.4, 0.5) is 0 Å². The van der Waals surface area contributed by atoms with Crippen LogP contribution in [0.2, 0.25) is 10.0 Å². The lowest BCUT2D eigenvalue weighted by molar-refractivity contribution is 0.870. The first-order chi connectivity index (χ1) is 8.02. The number of hydrogen-bond acceptors (Lipinski definition) is 2. The maximum Gasteiger partial charge on any atom is 0.258 e. The van der Waals surface area contributed by atoms with Crippen LogP contribution in [0.15, 0.2) is 33.7 Å². The largest absolute Gasteiger partial charge is 0.269 e. The van der Waals surface area contributed by atoms with Crippen LogP contribution < -0.4 is 5.56 Å². The van der Waals surface area contributed by atoms with E-state index >= 15 is 0 Å². The molecule has 0 spiro atoms. The van der Waals surface area contributed by atoms with Gasteiger partial charge in [0.1, 0.15) is 5.82 Å². The van der Waals surface area contributed by atoms with Crippen molar-refractivity contribution in [3.8, 4) is 5.69 Å². The molecule has 17 heavy (non-hydrogen) atoms. The summed E-state index contributed by atoms with van der Waals surface area (Å²) in [6.45, 7) is 1.73. The van der Waals surface area contributed by atoms with Gasteiger partial charge in [-0.15, -0.1) is 0 Å². The van der Waals surface area contributed by atoms with Crippen molar-refractivity contribution in [3.05, 3.63) is 55.1 Å². The van der Waals surface area contributed by atoms with Crippen molar-refractivity contribution in [1.29, 1.82) is 0 Å². The zero-order chi connectivity index (χ0) is 12.6. The van der Waals surface area contributed by atoms with Crippen LogP contribution in [-0.4, -0.2) is 9.55 Å². The molecule has 88 valence electrons. The fourth-order valence-corrected chi connectivity index (χ4v) is 2.34. The molecule has 0 aliphatic heterocycles. The van der Waals surface area contributed by atoms with Crippen molar-refractivity contribution < 1.29 is 0 Å². The zero-order valence-electron chi connectivity index (χ0n) is 8.75. The lowest BCUT2D eigenvalue weighted by Gasteiger charge is -2.11. The van der Waals surface area contributed by atoms with Gasteiger partial charge in [0.25, 0.3) is 5.56 Å². The van der Waals surface area contributed by atoms with E-state index in [4.69, 9.17) is 23.2 Å². The van der Waals surface area contributed by atoms with Gasteiger partial charge in [0.15, 0.2) is 0 Å². The molecule has 0 unspecified atom stereocenters. The molecule has 0 saturated heterocycles. The van der Waals surface area contributed by atoms with Gasteiger partial charge < -0.3 is 0 Å². The first-order valence-electron chi connectivity index (χ1n) is 4.71. The topological polar surface area (TPSA) is 34.9 Å². The van der Waals surface area contributed by atoms with E-state index in [0.29, 0.717) is 26.0 Å². The molecule has 2 aromatic rings. The lowest BCUT2D eigenvalue weighted by atomic mass is 10.3. The van der Waals surface area contributed by atoms with Gasteiger partial charge in [-0.1, -0.05) is 23.2 Å². The number of halogens is 3. The third-order valence-corrected chi connectivity index (χ3v) is 4.04. The van der Waals surface area contributed by atoms with Crippen molar-refractivity contribution in [1.82, 2.24) is 9.55 Å². The summed E-state index contributed by atoms with van der Waals surface area (Å²) in [5, 5.41) is 0.693. The van der Waals surface area contributed by atoms with Gasteiger partial charge in [0, 0.05) is 16.7 Å². The highest BCUT2D eigenvalue weighted by Crippen LogP contribution is 2.34. The Morgan fingerprint density at radius 3 is 2.59 bits per heavy atom. The highest BCUT2D eigenvalue weighted by atomic mass is 79.9. The van der Waals surface area contributed by atoms with Crippen molar-refractivity contribution >= 4 is 39.1 Å². The Hall–Kier alpha value is -0.840. The highest BCUT2D eigenvalue weighted by molar-refractivity contribution is 9.10. The molecule has 1 aromatic carbocycles. The second-order valence-corrected chi connectivity index (χ2v) is 4.97. The van der Waals surface area contributed by atoms with E-state index in [0.717, 1.165) is 0 Å². The van der Waals surface area contributed by atoms with E-state index in [1.54, 1.807) is 19.1 Å². The van der Waals surface area contributed by atoms with Crippen molar-refractivity contribution in [3.63, 3.8) is 0 Å². The molecule has 0 bridgehead atoms. The standard InChI is InChI=1S/C11H7BrCl2N2O/c1-6-15-5-4-9(17)16(6)8-3-2-7(12)10(13)11(8)14/h2-5H,1H3. The van der Waals surface area contributed by atoms with E-state index in [1.165, 1.54) is 16.8 Å². The Labute approximate surface area is 116 Å². The Kier molecular flexibility index (Phi) is 3.56. The smallest absolute Gasteiger partial charge is 0.258 e. The molecule has 0 atom stereocenters. The molecule has 1 heterocycles. The summed E-state index contributed by atoms with van der Waals surface area (Å²) >= 11 is 15.4. The summed E-state index contributed by atoms with van der Waals surface area (Å²) in [7, 11) is 0. The van der Waals surface area contributed by atoms with Gasteiger partial charge in [0.2, 0.25) is 0 Å². The molecule has 6 heteroatoms. The second-order valence-electron chi connectivity index (χ2n) is 3.36. The number of nitrogens with zero attached hydrogens (tertiary/aromatic N) is 2. The van der Waals surface area contributed by atoms with Crippen LogP contribution in [0.25, 0.3) is 5.69 Å². The predicted octanol–water partition coefficient (Wildman–Crippen LogP) is 3.61. The fourth-order valence-electron chi connectivity index (χ4n) is 1.48. The van der Waals surface area contributed by atoms with E-state index in [1.807, 2.05) is 0 Å². The summed E-state index contributed by atoms with van der Waals surface area (Å²) in [6.07, 6.45) is 1.46. The molecule has 0 amide bonds. The maximum atomic E-state index is 11.8. The molecule has 0 saturated carbocycles. The molecule has 0 N–H and O–H groups in total. The average molecular weight is 334 g/mol. The van der Waals surface area contributed by atoms with Crippen LogP contribution in [0.5, 0.6) is 0 Å². The van der Waals surface area contributed by atoms with Crippen LogP contribution >= 0.6 is 39.1 Å². The first-order valence-corrected chi connectivity index (χ1v) is 6.26. The van der Waals surface area contributed by atoms with Crippen molar-refractivity contribution in [2.24, 2.45) is 0 Å². The molecule has 0 radical (unpaired) electrons. The Balaban J connectivity index is 2.79. The molecular formula is C11H7BrCl2N2O. The molecule has 2 rings (SSSR count). The van der Waals surface area contributed by atoms with Gasteiger partial charge >= 0.3 is 0 Å². The number of benzene rings is 1. The predicted molar refractivity (Wildman–Crippen MR) is 72.3 cm³/mol. The minimum absolute atomic E-state index is 0.196. The normalized spacial score (nSPS) is 10.6. The fraction of sp³-hybridized carbons (Fsp3) is 0.0909. The second kappa shape index (κ2) is 4.80. The van der Waals surface area contributed by atoms with Gasteiger partial charge in [-0.25, -0.2) is 4.98 Å². The summed E-state index contributed by atoms with van der Waals surface area (Å²) in [4.78, 5) is 15.9. The minimum Gasteiger partial charge on any atom is -0.269 e. The van der Waals surface area contributed by atoms with Gasteiger partial charge in [-0.2, -0.15) is 0 Å². The molecule has 3 nitrogen and oxygen atoms in total. The Morgan fingerprint density at radius 1 is 1.24 bits per heavy atom. The summed E-state index contributed by atoms with van der Waals surface area (Å²) in [5.74, 6) is 0.554. The summed E-state index contributed by atoms with van der Waals surface area (Å²) in [5.41, 5.74) is 0.327. The van der Waals surface area contributed by atoms with Crippen molar-refractivity contribution in [2.75, 3.05) is 0 Å². The number of aryl methyl sites for hydroxylation is 1. The lowest BCUT2D eigenvalue weighted by Crippen LogP contribution is -2.20. The van der Waals surface area contributed by atoms with Gasteiger partial charge in [-0.05, 0) is 35.0 Å². The first kappa shape index (κ1) is 12.6. The van der Waals surface area contributed by atoms with Gasteiger partial charge in [-0.3, -0.25) is 9.36 Å². The summed E-state index contributed by atoms with van der Waals surface area (Å²) < 4.78 is 2.10. The van der Waals surface area contributed by atoms with E-state index in [2.05, 4.69) is 20.9 Å². The van der Waals surface area contributed by atoms with Gasteiger partial charge in [0.05, 0.1) is 15.7 Å². The van der Waals surface area contributed by atoms with Crippen LogP contribution in [0.3, 0.4) is 0 Å². The monoisotopic (exact) mass is 332 g/mol. The molecule has 1 aromatic heterocycles.